The van der Waals surface area contributed by atoms with Crippen LogP contribution in [-0.4, -0.2) is 28.9 Å². The average molecular weight is 434 g/mol. The number of hydrogen-bond donors (Lipinski definition) is 1. The van der Waals surface area contributed by atoms with Gasteiger partial charge in [-0.15, -0.1) is 11.3 Å². The Kier molecular flexibility index (Phi) is 6.33. The van der Waals surface area contributed by atoms with Crippen LogP contribution in [0.5, 0.6) is 11.5 Å². The molecule has 0 fully saturated rings. The van der Waals surface area contributed by atoms with E-state index in [1.54, 1.807) is 34.2 Å². The van der Waals surface area contributed by atoms with Crippen LogP contribution in [-0.2, 0) is 0 Å². The van der Waals surface area contributed by atoms with Gasteiger partial charge in [-0.25, -0.2) is 4.68 Å². The first-order valence-corrected chi connectivity index (χ1v) is 11.0. The van der Waals surface area contributed by atoms with E-state index in [0.717, 1.165) is 16.3 Å². The van der Waals surface area contributed by atoms with Crippen molar-refractivity contribution < 1.29 is 14.3 Å². The number of nitrogens with one attached hydrogen (secondary N) is 1. The highest BCUT2D eigenvalue weighted by atomic mass is 32.1. The van der Waals surface area contributed by atoms with Crippen LogP contribution in [0.15, 0.2) is 72.1 Å². The van der Waals surface area contributed by atoms with Crippen molar-refractivity contribution in [3.63, 3.8) is 0 Å². The Morgan fingerprint density at radius 3 is 2.45 bits per heavy atom. The maximum Gasteiger partial charge on any atom is 0.274 e. The van der Waals surface area contributed by atoms with Gasteiger partial charge in [-0.2, -0.15) is 5.10 Å². The van der Waals surface area contributed by atoms with E-state index < -0.39 is 0 Å². The van der Waals surface area contributed by atoms with E-state index in [9.17, 15) is 4.79 Å². The SMILES string of the molecule is CCOc1ccc(NC(=O)c2cc(-c3cccs3)nn2-c2ccccc2)cc1OCC. The summed E-state index contributed by atoms with van der Waals surface area (Å²) in [6, 6.07) is 20.8. The van der Waals surface area contributed by atoms with Gasteiger partial charge >= 0.3 is 0 Å². The van der Waals surface area contributed by atoms with Crippen molar-refractivity contribution >= 4 is 22.9 Å². The van der Waals surface area contributed by atoms with Crippen molar-refractivity contribution in [2.24, 2.45) is 0 Å². The lowest BCUT2D eigenvalue weighted by atomic mass is 10.2. The smallest absolute Gasteiger partial charge is 0.274 e. The molecular formula is C24H23N3O3S. The monoisotopic (exact) mass is 433 g/mol. The number of aromatic nitrogens is 2. The lowest BCUT2D eigenvalue weighted by Gasteiger charge is -2.13. The second-order valence-corrected chi connectivity index (χ2v) is 7.57. The molecule has 6 nitrogen and oxygen atoms in total. The van der Waals surface area contributed by atoms with Crippen molar-refractivity contribution in [2.75, 3.05) is 18.5 Å². The van der Waals surface area contributed by atoms with E-state index in [4.69, 9.17) is 14.6 Å². The molecule has 158 valence electrons. The largest absolute Gasteiger partial charge is 0.490 e. The van der Waals surface area contributed by atoms with Gasteiger partial charge in [-0.3, -0.25) is 4.79 Å². The van der Waals surface area contributed by atoms with Crippen molar-refractivity contribution in [1.82, 2.24) is 9.78 Å². The quantitative estimate of drug-likeness (QED) is 0.390. The first kappa shape index (κ1) is 20.7. The van der Waals surface area contributed by atoms with Crippen LogP contribution < -0.4 is 14.8 Å². The van der Waals surface area contributed by atoms with Crippen LogP contribution in [0, 0.1) is 0 Å². The molecule has 2 aromatic heterocycles. The molecule has 0 aliphatic carbocycles. The van der Waals surface area contributed by atoms with Gasteiger partial charge in [-0.1, -0.05) is 24.3 Å². The summed E-state index contributed by atoms with van der Waals surface area (Å²) in [7, 11) is 0. The number of nitrogens with zero attached hydrogens (tertiary/aromatic N) is 2. The maximum atomic E-state index is 13.2. The van der Waals surface area contributed by atoms with E-state index in [2.05, 4.69) is 5.32 Å². The van der Waals surface area contributed by atoms with E-state index in [0.29, 0.717) is 36.1 Å². The van der Waals surface area contributed by atoms with Crippen LogP contribution in [0.25, 0.3) is 16.3 Å². The van der Waals surface area contributed by atoms with Crippen LogP contribution >= 0.6 is 11.3 Å². The minimum absolute atomic E-state index is 0.259. The number of ether oxygens (including phenoxy) is 2. The van der Waals surface area contributed by atoms with Gasteiger partial charge in [0.05, 0.1) is 23.8 Å². The molecule has 0 radical (unpaired) electrons. The third-order valence-corrected chi connectivity index (χ3v) is 5.41. The van der Waals surface area contributed by atoms with Crippen LogP contribution in [0.3, 0.4) is 0 Å². The van der Waals surface area contributed by atoms with Crippen molar-refractivity contribution in [2.45, 2.75) is 13.8 Å². The second kappa shape index (κ2) is 9.49. The molecule has 0 aliphatic rings. The average Bonchev–Trinajstić information content (AvgIpc) is 3.46. The van der Waals surface area contributed by atoms with Gasteiger partial charge in [0, 0.05) is 11.8 Å². The summed E-state index contributed by atoms with van der Waals surface area (Å²) < 4.78 is 12.9. The normalized spacial score (nSPS) is 10.6. The minimum Gasteiger partial charge on any atom is -0.490 e. The van der Waals surface area contributed by atoms with Gasteiger partial charge in [0.25, 0.3) is 5.91 Å². The van der Waals surface area contributed by atoms with Crippen molar-refractivity contribution in [3.8, 4) is 27.8 Å². The van der Waals surface area contributed by atoms with Gasteiger partial charge in [-0.05, 0) is 55.6 Å². The molecule has 0 saturated carbocycles. The Labute approximate surface area is 185 Å². The highest BCUT2D eigenvalue weighted by molar-refractivity contribution is 7.13. The lowest BCUT2D eigenvalue weighted by molar-refractivity contribution is 0.101. The maximum absolute atomic E-state index is 13.2. The second-order valence-electron chi connectivity index (χ2n) is 6.62. The summed E-state index contributed by atoms with van der Waals surface area (Å²) >= 11 is 1.58. The van der Waals surface area contributed by atoms with Crippen LogP contribution in [0.4, 0.5) is 5.69 Å². The fourth-order valence-corrected chi connectivity index (χ4v) is 3.86. The molecule has 0 bridgehead atoms. The molecule has 1 N–H and O–H groups in total. The summed E-state index contributed by atoms with van der Waals surface area (Å²) in [4.78, 5) is 14.2. The predicted molar refractivity (Wildman–Crippen MR) is 124 cm³/mol. The molecule has 0 aliphatic heterocycles. The summed E-state index contributed by atoms with van der Waals surface area (Å²) in [5, 5.41) is 9.65. The number of carbonyl (C=O) groups is 1. The molecule has 0 spiro atoms. The Hall–Kier alpha value is -3.58. The van der Waals surface area contributed by atoms with Gasteiger partial charge in [0.15, 0.2) is 11.5 Å². The van der Waals surface area contributed by atoms with E-state index in [-0.39, 0.29) is 5.91 Å². The first-order valence-electron chi connectivity index (χ1n) is 10.1. The summed E-state index contributed by atoms with van der Waals surface area (Å²) in [6.07, 6.45) is 0. The van der Waals surface area contributed by atoms with Gasteiger partial charge in [0.1, 0.15) is 11.4 Å². The Morgan fingerprint density at radius 1 is 0.968 bits per heavy atom. The fourth-order valence-electron chi connectivity index (χ4n) is 3.18. The molecule has 2 aromatic carbocycles. The van der Waals surface area contributed by atoms with Crippen molar-refractivity contribution in [1.29, 1.82) is 0 Å². The number of para-hydroxylation sites is 1. The fraction of sp³-hybridized carbons (Fsp3) is 0.167. The zero-order chi connectivity index (χ0) is 21.6. The third kappa shape index (κ3) is 4.62. The zero-order valence-electron chi connectivity index (χ0n) is 17.4. The minimum atomic E-state index is -0.259. The number of anilines is 1. The number of thiophene rings is 1. The van der Waals surface area contributed by atoms with Crippen molar-refractivity contribution in [3.05, 3.63) is 77.8 Å². The summed E-state index contributed by atoms with van der Waals surface area (Å²) in [5.74, 6) is 0.986. The highest BCUT2D eigenvalue weighted by Crippen LogP contribution is 2.31. The Morgan fingerprint density at radius 2 is 1.74 bits per heavy atom. The number of carbonyl (C=O) groups excluding carboxylic acids is 1. The standard InChI is InChI=1S/C24H23N3O3S/c1-3-29-21-13-12-17(15-22(21)30-4-2)25-24(28)20-16-19(23-11-8-14-31-23)26-27(20)18-9-6-5-7-10-18/h5-16H,3-4H2,1-2H3,(H,25,28). The molecule has 1 amide bonds. The molecule has 4 aromatic rings. The third-order valence-electron chi connectivity index (χ3n) is 4.52. The number of hydrogen-bond acceptors (Lipinski definition) is 5. The molecule has 7 heteroatoms. The highest BCUT2D eigenvalue weighted by Gasteiger charge is 2.19. The predicted octanol–water partition coefficient (Wildman–Crippen LogP) is 5.65. The summed E-state index contributed by atoms with van der Waals surface area (Å²) in [5.41, 5.74) is 2.64. The first-order chi connectivity index (χ1) is 15.2. The molecule has 31 heavy (non-hydrogen) atoms. The Balaban J connectivity index is 1.67. The molecule has 0 atom stereocenters. The molecular weight excluding hydrogens is 410 g/mol. The number of rotatable bonds is 8. The topological polar surface area (TPSA) is 65.4 Å². The van der Waals surface area contributed by atoms with Crippen LogP contribution in [0.1, 0.15) is 24.3 Å². The molecule has 0 unspecified atom stereocenters. The van der Waals surface area contributed by atoms with Crippen LogP contribution in [0.2, 0.25) is 0 Å². The number of amides is 1. The Bertz CT molecular complexity index is 1150. The lowest BCUT2D eigenvalue weighted by Crippen LogP contribution is -2.17. The molecule has 2 heterocycles. The van der Waals surface area contributed by atoms with E-state index in [1.807, 2.05) is 67.8 Å². The van der Waals surface area contributed by atoms with Gasteiger partial charge in [0.2, 0.25) is 0 Å². The van der Waals surface area contributed by atoms with E-state index >= 15 is 0 Å². The molecule has 4 rings (SSSR count). The number of benzene rings is 2. The zero-order valence-corrected chi connectivity index (χ0v) is 18.2. The summed E-state index contributed by atoms with van der Waals surface area (Å²) in [6.45, 7) is 4.86. The molecule has 0 saturated heterocycles. The van der Waals surface area contributed by atoms with Gasteiger partial charge < -0.3 is 14.8 Å². The van der Waals surface area contributed by atoms with E-state index in [1.165, 1.54) is 0 Å².